The third kappa shape index (κ3) is 7.22. The zero-order chi connectivity index (χ0) is 19.3. The van der Waals surface area contributed by atoms with Crippen LogP contribution < -0.4 is 15.5 Å². The fourth-order valence-corrected chi connectivity index (χ4v) is 2.22. The zero-order valence-electron chi connectivity index (χ0n) is 15.0. The Balaban J connectivity index is 1.83. The van der Waals surface area contributed by atoms with Crippen molar-refractivity contribution in [1.29, 1.82) is 0 Å². The van der Waals surface area contributed by atoms with Gasteiger partial charge in [-0.1, -0.05) is 30.3 Å². The highest BCUT2D eigenvalue weighted by atomic mass is 16.5. The molecule has 0 atom stereocenters. The molecule has 3 N–H and O–H groups in total. The van der Waals surface area contributed by atoms with E-state index in [1.807, 2.05) is 30.3 Å². The van der Waals surface area contributed by atoms with Gasteiger partial charge in [0.2, 0.25) is 5.43 Å². The van der Waals surface area contributed by atoms with Crippen molar-refractivity contribution in [2.45, 2.75) is 6.61 Å². The van der Waals surface area contributed by atoms with Crippen LogP contribution in [0.3, 0.4) is 0 Å². The van der Waals surface area contributed by atoms with E-state index in [1.165, 1.54) is 12.3 Å². The summed E-state index contributed by atoms with van der Waals surface area (Å²) in [6.45, 7) is 1.74. The van der Waals surface area contributed by atoms with Crippen LogP contribution in [0.15, 0.2) is 47.4 Å². The Labute approximate surface area is 157 Å². The minimum Gasteiger partial charge on any atom is -0.483 e. The molecule has 1 aromatic carbocycles. The highest BCUT2D eigenvalue weighted by Gasteiger charge is 2.16. The number of aliphatic hydroxyl groups excluding tert-OH is 1. The molecule has 0 radical (unpaired) electrons. The third-order valence-corrected chi connectivity index (χ3v) is 3.51. The molecule has 0 bridgehead atoms. The van der Waals surface area contributed by atoms with E-state index < -0.39 is 5.91 Å². The van der Waals surface area contributed by atoms with Crippen LogP contribution in [0, 0.1) is 0 Å². The van der Waals surface area contributed by atoms with Crippen LogP contribution in [0.25, 0.3) is 0 Å². The molecule has 0 aliphatic rings. The van der Waals surface area contributed by atoms with Crippen LogP contribution in [-0.2, 0) is 16.1 Å². The highest BCUT2D eigenvalue weighted by Crippen LogP contribution is 2.12. The van der Waals surface area contributed by atoms with E-state index in [-0.39, 0.29) is 43.2 Å². The monoisotopic (exact) mass is 376 g/mol. The molecule has 0 spiro atoms. The van der Waals surface area contributed by atoms with Gasteiger partial charge in [0.05, 0.1) is 33.0 Å². The summed E-state index contributed by atoms with van der Waals surface area (Å²) in [6, 6.07) is 10.7. The number of pyridine rings is 1. The van der Waals surface area contributed by atoms with Crippen molar-refractivity contribution >= 4 is 5.91 Å². The number of amides is 1. The van der Waals surface area contributed by atoms with Gasteiger partial charge >= 0.3 is 0 Å². The van der Waals surface area contributed by atoms with E-state index in [0.29, 0.717) is 19.8 Å². The van der Waals surface area contributed by atoms with E-state index in [0.717, 1.165) is 5.56 Å². The number of aromatic amines is 1. The SMILES string of the molecule is O=C(NCCOCCOCCO)c1[nH]ccc(=O)c1OCc1ccccc1. The first-order valence-electron chi connectivity index (χ1n) is 8.65. The highest BCUT2D eigenvalue weighted by molar-refractivity contribution is 5.94. The van der Waals surface area contributed by atoms with Crippen molar-refractivity contribution in [3.05, 3.63) is 64.1 Å². The van der Waals surface area contributed by atoms with Gasteiger partial charge < -0.3 is 29.6 Å². The Bertz CT molecular complexity index is 747. The van der Waals surface area contributed by atoms with Gasteiger partial charge in [-0.05, 0) is 5.56 Å². The molecule has 1 heterocycles. The topological polar surface area (TPSA) is 110 Å². The normalized spacial score (nSPS) is 10.6. The molecule has 0 saturated heterocycles. The van der Waals surface area contributed by atoms with Gasteiger partial charge in [0, 0.05) is 18.8 Å². The molecule has 1 amide bonds. The standard InChI is InChI=1S/C19H24N2O6/c22-9-11-26-13-12-25-10-8-21-19(24)17-18(16(23)6-7-20-17)27-14-15-4-2-1-3-5-15/h1-7,22H,8-14H2,(H,20,23)(H,21,24). The first-order valence-corrected chi connectivity index (χ1v) is 8.65. The first kappa shape index (κ1) is 20.6. The van der Waals surface area contributed by atoms with Gasteiger partial charge in [0.15, 0.2) is 11.4 Å². The number of carbonyl (C=O) groups excluding carboxylic acids is 1. The van der Waals surface area contributed by atoms with E-state index in [4.69, 9.17) is 19.3 Å². The molecule has 2 rings (SSSR count). The van der Waals surface area contributed by atoms with Crippen molar-refractivity contribution < 1.29 is 24.1 Å². The summed E-state index contributed by atoms with van der Waals surface area (Å²) >= 11 is 0. The number of benzene rings is 1. The Morgan fingerprint density at radius 2 is 1.78 bits per heavy atom. The second-order valence-corrected chi connectivity index (χ2v) is 5.52. The summed E-state index contributed by atoms with van der Waals surface area (Å²) in [5.74, 6) is -0.465. The molecule has 27 heavy (non-hydrogen) atoms. The second-order valence-electron chi connectivity index (χ2n) is 5.52. The lowest BCUT2D eigenvalue weighted by atomic mass is 10.2. The van der Waals surface area contributed by atoms with E-state index in [2.05, 4.69) is 10.3 Å². The average molecular weight is 376 g/mol. The fraction of sp³-hybridized carbons (Fsp3) is 0.368. The van der Waals surface area contributed by atoms with Crippen LogP contribution in [0.1, 0.15) is 16.1 Å². The maximum atomic E-state index is 12.3. The van der Waals surface area contributed by atoms with E-state index in [1.54, 1.807) is 0 Å². The molecule has 8 heteroatoms. The predicted molar refractivity (Wildman–Crippen MR) is 98.9 cm³/mol. The number of H-pyrrole nitrogens is 1. The maximum Gasteiger partial charge on any atom is 0.271 e. The average Bonchev–Trinajstić information content (AvgIpc) is 2.69. The smallest absolute Gasteiger partial charge is 0.271 e. The van der Waals surface area contributed by atoms with Crippen LogP contribution >= 0.6 is 0 Å². The summed E-state index contributed by atoms with van der Waals surface area (Å²) in [4.78, 5) is 27.2. The van der Waals surface area contributed by atoms with Crippen molar-refractivity contribution in [2.75, 3.05) is 39.6 Å². The third-order valence-electron chi connectivity index (χ3n) is 3.51. The molecule has 2 aromatic rings. The van der Waals surface area contributed by atoms with E-state index in [9.17, 15) is 9.59 Å². The lowest BCUT2D eigenvalue weighted by Crippen LogP contribution is -2.30. The van der Waals surface area contributed by atoms with Crippen LogP contribution in [-0.4, -0.2) is 55.6 Å². The molecule has 0 aliphatic heterocycles. The number of hydrogen-bond acceptors (Lipinski definition) is 6. The molecular formula is C19H24N2O6. The van der Waals surface area contributed by atoms with Gasteiger partial charge in [-0.25, -0.2) is 0 Å². The molecule has 0 saturated carbocycles. The number of carbonyl (C=O) groups is 1. The zero-order valence-corrected chi connectivity index (χ0v) is 15.0. The lowest BCUT2D eigenvalue weighted by molar-refractivity contribution is 0.0338. The number of rotatable bonds is 12. The lowest BCUT2D eigenvalue weighted by Gasteiger charge is -2.11. The molecule has 0 unspecified atom stereocenters. The van der Waals surface area contributed by atoms with Gasteiger partial charge in [-0.2, -0.15) is 0 Å². The summed E-state index contributed by atoms with van der Waals surface area (Å²) in [7, 11) is 0. The van der Waals surface area contributed by atoms with Crippen molar-refractivity contribution in [3.8, 4) is 5.75 Å². The Kier molecular flexibility index (Phi) is 9.05. The van der Waals surface area contributed by atoms with E-state index >= 15 is 0 Å². The van der Waals surface area contributed by atoms with Crippen LogP contribution in [0.2, 0.25) is 0 Å². The molecular weight excluding hydrogens is 352 g/mol. The number of aliphatic hydroxyl groups is 1. The van der Waals surface area contributed by atoms with Gasteiger partial charge in [-0.15, -0.1) is 0 Å². The number of ether oxygens (including phenoxy) is 3. The molecule has 1 aromatic heterocycles. The van der Waals surface area contributed by atoms with Gasteiger partial charge in [-0.3, -0.25) is 9.59 Å². The largest absolute Gasteiger partial charge is 0.483 e. The molecule has 0 fully saturated rings. The minimum atomic E-state index is -0.448. The molecule has 8 nitrogen and oxygen atoms in total. The summed E-state index contributed by atoms with van der Waals surface area (Å²) in [5, 5.41) is 11.2. The van der Waals surface area contributed by atoms with Crippen LogP contribution in [0.5, 0.6) is 5.75 Å². The Morgan fingerprint density at radius 3 is 2.52 bits per heavy atom. The van der Waals surface area contributed by atoms with Crippen molar-refractivity contribution in [2.24, 2.45) is 0 Å². The molecule has 146 valence electrons. The second kappa shape index (κ2) is 11.8. The number of aromatic nitrogens is 1. The van der Waals surface area contributed by atoms with Crippen molar-refractivity contribution in [1.82, 2.24) is 10.3 Å². The Morgan fingerprint density at radius 1 is 1.04 bits per heavy atom. The number of hydrogen-bond donors (Lipinski definition) is 3. The molecule has 0 aliphatic carbocycles. The summed E-state index contributed by atoms with van der Waals surface area (Å²) < 4.78 is 15.9. The number of nitrogens with one attached hydrogen (secondary N) is 2. The quantitative estimate of drug-likeness (QED) is 0.471. The van der Waals surface area contributed by atoms with Gasteiger partial charge in [0.25, 0.3) is 5.91 Å². The maximum absolute atomic E-state index is 12.3. The first-order chi connectivity index (χ1) is 13.2. The van der Waals surface area contributed by atoms with Gasteiger partial charge in [0.1, 0.15) is 6.61 Å². The summed E-state index contributed by atoms with van der Waals surface area (Å²) in [5.41, 5.74) is 0.598. The predicted octanol–water partition coefficient (Wildman–Crippen LogP) is 0.709. The Hall–Kier alpha value is -2.68. The summed E-state index contributed by atoms with van der Waals surface area (Å²) in [6.07, 6.45) is 1.40. The fourth-order valence-electron chi connectivity index (χ4n) is 2.22. The minimum absolute atomic E-state index is 0.0165. The van der Waals surface area contributed by atoms with Crippen LogP contribution in [0.4, 0.5) is 0 Å². The van der Waals surface area contributed by atoms with Crippen molar-refractivity contribution in [3.63, 3.8) is 0 Å².